The van der Waals surface area contributed by atoms with Crippen LogP contribution in [0.4, 0.5) is 5.69 Å². The van der Waals surface area contributed by atoms with Gasteiger partial charge in [0.25, 0.3) is 0 Å². The molecule has 0 saturated carbocycles. The van der Waals surface area contributed by atoms with E-state index in [1.165, 1.54) is 20.3 Å². The van der Waals surface area contributed by atoms with Crippen molar-refractivity contribution in [2.75, 3.05) is 26.6 Å². The molecule has 0 spiro atoms. The Morgan fingerprint density at radius 2 is 1.53 bits per heavy atom. The van der Waals surface area contributed by atoms with Crippen LogP contribution in [0.1, 0.15) is 21.5 Å². The van der Waals surface area contributed by atoms with E-state index in [1.807, 2.05) is 36.4 Å². The van der Waals surface area contributed by atoms with Gasteiger partial charge in [-0.3, -0.25) is 4.79 Å². The summed E-state index contributed by atoms with van der Waals surface area (Å²) in [5, 5.41) is 13.2. The fourth-order valence-corrected chi connectivity index (χ4v) is 3.01. The van der Waals surface area contributed by atoms with Crippen LogP contribution in [-0.4, -0.2) is 32.2 Å². The van der Waals surface area contributed by atoms with Crippen molar-refractivity contribution in [3.63, 3.8) is 0 Å². The smallest absolute Gasteiger partial charge is 0.203 e. The molecule has 0 unspecified atom stereocenters. The van der Waals surface area contributed by atoms with E-state index >= 15 is 0 Å². The van der Waals surface area contributed by atoms with E-state index in [0.717, 1.165) is 16.8 Å². The van der Waals surface area contributed by atoms with E-state index < -0.39 is 0 Å². The molecule has 2 N–H and O–H groups in total. The minimum Gasteiger partial charge on any atom is -0.504 e. The van der Waals surface area contributed by atoms with Gasteiger partial charge in [-0.1, -0.05) is 24.3 Å². The van der Waals surface area contributed by atoms with Gasteiger partial charge in [-0.25, -0.2) is 0 Å². The minimum absolute atomic E-state index is 0.0158. The van der Waals surface area contributed by atoms with Crippen molar-refractivity contribution in [3.8, 4) is 23.0 Å². The summed E-state index contributed by atoms with van der Waals surface area (Å²) in [7, 11) is 4.59. The van der Waals surface area contributed by atoms with Gasteiger partial charge in [-0.15, -0.1) is 0 Å². The zero-order chi connectivity index (χ0) is 22.9. The van der Waals surface area contributed by atoms with E-state index in [-0.39, 0.29) is 11.5 Å². The standard InChI is InChI=1S/C26H25NO5/c1-30-22-12-8-20(9-13-22)23(28)14-15-27-21-10-6-18(7-11-21)4-5-19-16-24(29)26(32-3)25(17-19)31-2/h4-17,27,29H,1-3H3/b5-4-,15-14-. The third-order valence-corrected chi connectivity index (χ3v) is 4.72. The Morgan fingerprint density at radius 3 is 2.16 bits per heavy atom. The van der Waals surface area contributed by atoms with Gasteiger partial charge in [0.1, 0.15) is 5.75 Å². The Hall–Kier alpha value is -4.19. The number of phenols is 1. The number of hydrogen-bond donors (Lipinski definition) is 2. The molecule has 3 aromatic carbocycles. The van der Waals surface area contributed by atoms with E-state index in [2.05, 4.69) is 5.32 Å². The predicted octanol–water partition coefficient (Wildman–Crippen LogP) is 5.40. The minimum atomic E-state index is -0.0992. The first kappa shape index (κ1) is 22.5. The van der Waals surface area contributed by atoms with Gasteiger partial charge in [0.05, 0.1) is 21.3 Å². The zero-order valence-electron chi connectivity index (χ0n) is 18.2. The lowest BCUT2D eigenvalue weighted by molar-refractivity contribution is 0.104. The largest absolute Gasteiger partial charge is 0.504 e. The summed E-state index contributed by atoms with van der Waals surface area (Å²) in [6.07, 6.45) is 6.90. The molecule has 0 amide bonds. The van der Waals surface area contributed by atoms with Gasteiger partial charge in [0.2, 0.25) is 5.75 Å². The number of hydrogen-bond acceptors (Lipinski definition) is 6. The van der Waals surface area contributed by atoms with Crippen LogP contribution in [-0.2, 0) is 0 Å². The lowest BCUT2D eigenvalue weighted by Gasteiger charge is -2.10. The predicted molar refractivity (Wildman–Crippen MR) is 127 cm³/mol. The zero-order valence-corrected chi connectivity index (χ0v) is 18.2. The Kier molecular flexibility index (Phi) is 7.54. The van der Waals surface area contributed by atoms with E-state index in [4.69, 9.17) is 14.2 Å². The van der Waals surface area contributed by atoms with Crippen molar-refractivity contribution in [1.82, 2.24) is 0 Å². The molecule has 3 rings (SSSR count). The second-order valence-electron chi connectivity index (χ2n) is 6.80. The van der Waals surface area contributed by atoms with Gasteiger partial charge >= 0.3 is 0 Å². The summed E-state index contributed by atoms with van der Waals surface area (Å²) in [5.41, 5.74) is 3.20. The maximum absolute atomic E-state index is 12.2. The van der Waals surface area contributed by atoms with Crippen LogP contribution in [0.5, 0.6) is 23.0 Å². The SMILES string of the molecule is COc1ccc(C(=O)/C=C\Nc2ccc(/C=C\c3cc(O)c(OC)c(OC)c3)cc2)cc1. The summed E-state index contributed by atoms with van der Waals surface area (Å²) in [6.45, 7) is 0. The second kappa shape index (κ2) is 10.7. The maximum Gasteiger partial charge on any atom is 0.203 e. The number of aromatic hydroxyl groups is 1. The van der Waals surface area contributed by atoms with Crippen LogP contribution in [0.3, 0.4) is 0 Å². The molecule has 0 aliphatic heterocycles. The number of benzene rings is 3. The molecule has 0 heterocycles. The first-order valence-corrected chi connectivity index (χ1v) is 9.88. The lowest BCUT2D eigenvalue weighted by atomic mass is 10.1. The van der Waals surface area contributed by atoms with E-state index in [9.17, 15) is 9.90 Å². The summed E-state index contributed by atoms with van der Waals surface area (Å²) in [5.74, 6) is 1.39. The highest BCUT2D eigenvalue weighted by Gasteiger charge is 2.10. The monoisotopic (exact) mass is 431 g/mol. The molecule has 164 valence electrons. The summed E-state index contributed by atoms with van der Waals surface area (Å²) in [4.78, 5) is 12.2. The molecule has 32 heavy (non-hydrogen) atoms. The van der Waals surface area contributed by atoms with Crippen LogP contribution in [0, 0.1) is 0 Å². The Bertz CT molecular complexity index is 1120. The van der Waals surface area contributed by atoms with Gasteiger partial charge < -0.3 is 24.6 Å². The Labute approximate surface area is 187 Å². The summed E-state index contributed by atoms with van der Waals surface area (Å²) in [6, 6.07) is 18.1. The maximum atomic E-state index is 12.2. The summed E-state index contributed by atoms with van der Waals surface area (Å²) >= 11 is 0. The van der Waals surface area contributed by atoms with Crippen molar-refractivity contribution in [1.29, 1.82) is 0 Å². The van der Waals surface area contributed by atoms with Crippen molar-refractivity contribution in [3.05, 3.63) is 89.6 Å². The van der Waals surface area contributed by atoms with Crippen LogP contribution in [0.25, 0.3) is 12.2 Å². The third-order valence-electron chi connectivity index (χ3n) is 4.72. The summed E-state index contributed by atoms with van der Waals surface area (Å²) < 4.78 is 15.5. The number of methoxy groups -OCH3 is 3. The quantitative estimate of drug-likeness (QED) is 0.268. The van der Waals surface area contributed by atoms with Crippen molar-refractivity contribution < 1.29 is 24.1 Å². The number of ketones is 1. The number of ether oxygens (including phenoxy) is 3. The van der Waals surface area contributed by atoms with Crippen LogP contribution in [0.2, 0.25) is 0 Å². The number of carbonyl (C=O) groups excluding carboxylic acids is 1. The average Bonchev–Trinajstić information content (AvgIpc) is 2.83. The third kappa shape index (κ3) is 5.70. The number of allylic oxidation sites excluding steroid dienone is 1. The number of anilines is 1. The number of rotatable bonds is 9. The molecule has 0 aliphatic rings. The molecule has 0 radical (unpaired) electrons. The number of carbonyl (C=O) groups is 1. The fraction of sp³-hybridized carbons (Fsp3) is 0.115. The molecule has 6 heteroatoms. The highest BCUT2D eigenvalue weighted by Crippen LogP contribution is 2.37. The van der Waals surface area contributed by atoms with Crippen LogP contribution < -0.4 is 19.5 Å². The van der Waals surface area contributed by atoms with Gasteiger partial charge in [-0.2, -0.15) is 0 Å². The molecule has 6 nitrogen and oxygen atoms in total. The van der Waals surface area contributed by atoms with Crippen molar-refractivity contribution >= 4 is 23.6 Å². The van der Waals surface area contributed by atoms with E-state index in [0.29, 0.717) is 22.8 Å². The normalized spacial score (nSPS) is 11.0. The molecule has 0 bridgehead atoms. The molecular weight excluding hydrogens is 406 g/mol. The highest BCUT2D eigenvalue weighted by atomic mass is 16.5. The highest BCUT2D eigenvalue weighted by molar-refractivity contribution is 6.04. The molecule has 0 atom stereocenters. The average molecular weight is 431 g/mol. The van der Waals surface area contributed by atoms with Crippen LogP contribution >= 0.6 is 0 Å². The first-order valence-electron chi connectivity index (χ1n) is 9.88. The number of phenolic OH excluding ortho intramolecular Hbond substituents is 1. The molecule has 0 aromatic heterocycles. The van der Waals surface area contributed by atoms with Gasteiger partial charge in [-0.05, 0) is 59.7 Å². The number of nitrogens with one attached hydrogen (secondary N) is 1. The molecule has 0 saturated heterocycles. The van der Waals surface area contributed by atoms with Crippen LogP contribution in [0.15, 0.2) is 72.9 Å². The molecule has 0 aliphatic carbocycles. The molecule has 0 fully saturated rings. The lowest BCUT2D eigenvalue weighted by Crippen LogP contribution is -1.96. The molecule has 3 aromatic rings. The Balaban J connectivity index is 1.60. The second-order valence-corrected chi connectivity index (χ2v) is 6.80. The van der Waals surface area contributed by atoms with Gasteiger partial charge in [0, 0.05) is 23.5 Å². The van der Waals surface area contributed by atoms with E-state index in [1.54, 1.807) is 49.7 Å². The first-order chi connectivity index (χ1) is 15.5. The van der Waals surface area contributed by atoms with Gasteiger partial charge in [0.15, 0.2) is 17.3 Å². The fourth-order valence-electron chi connectivity index (χ4n) is 3.01. The molecular formula is C26H25NO5. The van der Waals surface area contributed by atoms with Crippen molar-refractivity contribution in [2.24, 2.45) is 0 Å². The Morgan fingerprint density at radius 1 is 0.844 bits per heavy atom. The van der Waals surface area contributed by atoms with Crippen molar-refractivity contribution in [2.45, 2.75) is 0 Å². The topological polar surface area (TPSA) is 77.0 Å².